The molecule has 108 valence electrons. The highest BCUT2D eigenvalue weighted by Crippen LogP contribution is 2.21. The first-order valence-electron chi connectivity index (χ1n) is 7.51. The Labute approximate surface area is 116 Å². The van der Waals surface area contributed by atoms with Gasteiger partial charge in [0.1, 0.15) is 0 Å². The van der Waals surface area contributed by atoms with Gasteiger partial charge in [0.15, 0.2) is 0 Å². The molecule has 0 aromatic heterocycles. The zero-order valence-electron chi connectivity index (χ0n) is 12.0. The van der Waals surface area contributed by atoms with Crippen LogP contribution in [0.25, 0.3) is 0 Å². The van der Waals surface area contributed by atoms with E-state index in [1.165, 1.54) is 51.3 Å². The monoisotopic (exact) mass is 266 g/mol. The lowest BCUT2D eigenvalue weighted by molar-refractivity contribution is -0.131. The van der Waals surface area contributed by atoms with Crippen LogP contribution >= 0.6 is 0 Å². The van der Waals surface area contributed by atoms with Crippen molar-refractivity contribution in [2.24, 2.45) is 0 Å². The van der Waals surface area contributed by atoms with Crippen LogP contribution in [0.4, 0.5) is 0 Å². The van der Waals surface area contributed by atoms with Gasteiger partial charge >= 0.3 is 5.97 Å². The van der Waals surface area contributed by atoms with Gasteiger partial charge in [0.25, 0.3) is 0 Å². The lowest BCUT2D eigenvalue weighted by Crippen LogP contribution is -2.46. The van der Waals surface area contributed by atoms with Gasteiger partial charge in [0.05, 0.1) is 0 Å². The summed E-state index contributed by atoms with van der Waals surface area (Å²) in [6, 6.07) is 0.764. The van der Waals surface area contributed by atoms with Crippen molar-refractivity contribution < 1.29 is 9.90 Å². The molecule has 2 fully saturated rings. The quantitative estimate of drug-likeness (QED) is 0.790. The summed E-state index contributed by atoms with van der Waals surface area (Å²) in [5.74, 6) is -0.833. The fraction of sp³-hybridized carbons (Fsp3) is 0.800. The Morgan fingerprint density at radius 2 is 1.79 bits per heavy atom. The fourth-order valence-corrected chi connectivity index (χ4v) is 3.34. The number of carboxylic acid groups (broad SMARTS) is 1. The number of hydrogen-bond acceptors (Lipinski definition) is 3. The van der Waals surface area contributed by atoms with E-state index in [0.29, 0.717) is 0 Å². The van der Waals surface area contributed by atoms with Gasteiger partial charge in [0, 0.05) is 18.7 Å². The molecule has 19 heavy (non-hydrogen) atoms. The van der Waals surface area contributed by atoms with E-state index in [9.17, 15) is 4.79 Å². The van der Waals surface area contributed by atoms with E-state index in [1.807, 2.05) is 6.92 Å². The van der Waals surface area contributed by atoms with E-state index in [4.69, 9.17) is 5.11 Å². The third kappa shape index (κ3) is 4.62. The second kappa shape index (κ2) is 7.06. The predicted octanol–water partition coefficient (Wildman–Crippen LogP) is 1.97. The first-order chi connectivity index (χ1) is 9.15. The molecular formula is C15H26N2O2. The number of likely N-dealkylation sites (tertiary alicyclic amines) is 2. The van der Waals surface area contributed by atoms with Crippen LogP contribution in [-0.2, 0) is 4.79 Å². The molecule has 0 aromatic carbocycles. The molecule has 0 aromatic rings. The van der Waals surface area contributed by atoms with Crippen molar-refractivity contribution in [3.63, 3.8) is 0 Å². The fourth-order valence-electron chi connectivity index (χ4n) is 3.34. The zero-order chi connectivity index (χ0) is 13.7. The maximum absolute atomic E-state index is 10.6. The number of aliphatic carboxylic acids is 1. The van der Waals surface area contributed by atoms with Gasteiger partial charge < -0.3 is 10.0 Å². The summed E-state index contributed by atoms with van der Waals surface area (Å²) < 4.78 is 0. The lowest BCUT2D eigenvalue weighted by atomic mass is 9.99. The molecule has 2 rings (SSSR count). The molecular weight excluding hydrogens is 240 g/mol. The summed E-state index contributed by atoms with van der Waals surface area (Å²) in [4.78, 5) is 15.7. The highest BCUT2D eigenvalue weighted by Gasteiger charge is 2.25. The van der Waals surface area contributed by atoms with E-state index < -0.39 is 5.97 Å². The molecule has 0 amide bonds. The van der Waals surface area contributed by atoms with Gasteiger partial charge in [-0.3, -0.25) is 4.90 Å². The van der Waals surface area contributed by atoms with Crippen LogP contribution in [0, 0.1) is 0 Å². The summed E-state index contributed by atoms with van der Waals surface area (Å²) in [6.07, 6.45) is 7.92. The number of carbonyl (C=O) groups is 1. The van der Waals surface area contributed by atoms with E-state index >= 15 is 0 Å². The minimum atomic E-state index is -0.833. The first-order valence-corrected chi connectivity index (χ1v) is 7.51. The van der Waals surface area contributed by atoms with Gasteiger partial charge in [-0.2, -0.15) is 0 Å². The van der Waals surface area contributed by atoms with Crippen LogP contribution < -0.4 is 0 Å². The average molecular weight is 266 g/mol. The zero-order valence-corrected chi connectivity index (χ0v) is 12.0. The number of nitrogens with zero attached hydrogens (tertiary/aromatic N) is 2. The summed E-state index contributed by atoms with van der Waals surface area (Å²) in [6.45, 7) is 7.48. The van der Waals surface area contributed by atoms with Crippen LogP contribution in [0.3, 0.4) is 0 Å². The maximum atomic E-state index is 10.6. The summed E-state index contributed by atoms with van der Waals surface area (Å²) >= 11 is 0. The van der Waals surface area contributed by atoms with Gasteiger partial charge in [-0.15, -0.1) is 0 Å². The number of carboxylic acids is 1. The average Bonchev–Trinajstić information content (AvgIpc) is 2.39. The molecule has 0 atom stereocenters. The minimum absolute atomic E-state index is 0.764. The van der Waals surface area contributed by atoms with Gasteiger partial charge in [-0.25, -0.2) is 4.79 Å². The van der Waals surface area contributed by atoms with Crippen LogP contribution in [0.1, 0.15) is 39.0 Å². The molecule has 0 unspecified atom stereocenters. The van der Waals surface area contributed by atoms with E-state index in [0.717, 1.165) is 31.2 Å². The minimum Gasteiger partial charge on any atom is -0.478 e. The number of hydrogen-bond donors (Lipinski definition) is 1. The predicted molar refractivity (Wildman–Crippen MR) is 76.3 cm³/mol. The molecule has 0 spiro atoms. The Morgan fingerprint density at radius 1 is 1.16 bits per heavy atom. The maximum Gasteiger partial charge on any atom is 0.328 e. The smallest absolute Gasteiger partial charge is 0.328 e. The Hall–Kier alpha value is -0.870. The number of rotatable bonds is 4. The van der Waals surface area contributed by atoms with Crippen molar-refractivity contribution in [1.29, 1.82) is 0 Å². The number of piperidine rings is 2. The van der Waals surface area contributed by atoms with Crippen molar-refractivity contribution in [2.75, 3.05) is 32.7 Å². The largest absolute Gasteiger partial charge is 0.478 e. The molecule has 0 radical (unpaired) electrons. The summed E-state index contributed by atoms with van der Waals surface area (Å²) in [5, 5.41) is 8.72. The Bertz CT molecular complexity index is 327. The van der Waals surface area contributed by atoms with Crippen LogP contribution in [0.2, 0.25) is 0 Å². The second-order valence-corrected chi connectivity index (χ2v) is 5.93. The van der Waals surface area contributed by atoms with Gasteiger partial charge in [0.2, 0.25) is 0 Å². The van der Waals surface area contributed by atoms with Crippen molar-refractivity contribution >= 4 is 5.97 Å². The third-order valence-corrected chi connectivity index (χ3v) is 4.31. The highest BCUT2D eigenvalue weighted by atomic mass is 16.4. The first kappa shape index (κ1) is 14.5. The topological polar surface area (TPSA) is 43.8 Å². The molecule has 1 N–H and O–H groups in total. The van der Waals surface area contributed by atoms with Crippen molar-refractivity contribution in [3.8, 4) is 0 Å². The van der Waals surface area contributed by atoms with Crippen molar-refractivity contribution in [2.45, 2.75) is 45.1 Å². The molecule has 0 bridgehead atoms. The van der Waals surface area contributed by atoms with E-state index in [-0.39, 0.29) is 0 Å². The van der Waals surface area contributed by atoms with Gasteiger partial charge in [-0.1, -0.05) is 12.0 Å². The Morgan fingerprint density at radius 3 is 2.37 bits per heavy atom. The van der Waals surface area contributed by atoms with Crippen LogP contribution in [0.5, 0.6) is 0 Å². The summed E-state index contributed by atoms with van der Waals surface area (Å²) in [7, 11) is 0. The molecule has 0 saturated carbocycles. The SMILES string of the molecule is CC(=CC(=O)O)CN1CCC(N2CCCCC2)CC1. The molecule has 2 heterocycles. The Balaban J connectivity index is 1.74. The van der Waals surface area contributed by atoms with Crippen molar-refractivity contribution in [1.82, 2.24) is 9.80 Å². The molecule has 2 aliphatic rings. The third-order valence-electron chi connectivity index (χ3n) is 4.31. The Kier molecular flexibility index (Phi) is 5.40. The molecule has 4 heteroatoms. The lowest BCUT2D eigenvalue weighted by Gasteiger charge is -2.40. The van der Waals surface area contributed by atoms with Crippen molar-refractivity contribution in [3.05, 3.63) is 11.6 Å². The van der Waals surface area contributed by atoms with Gasteiger partial charge in [-0.05, 0) is 58.8 Å². The van der Waals surface area contributed by atoms with Crippen LogP contribution in [-0.4, -0.2) is 59.6 Å². The normalized spacial score (nSPS) is 24.6. The molecule has 2 saturated heterocycles. The second-order valence-electron chi connectivity index (χ2n) is 5.93. The summed E-state index contributed by atoms with van der Waals surface area (Å²) in [5.41, 5.74) is 0.948. The standard InChI is InChI=1S/C15H26N2O2/c1-13(11-15(18)19)12-16-9-5-14(6-10-16)17-7-3-2-4-8-17/h11,14H,2-10,12H2,1H3,(H,18,19). The van der Waals surface area contributed by atoms with E-state index in [1.54, 1.807) is 0 Å². The van der Waals surface area contributed by atoms with E-state index in [2.05, 4.69) is 9.80 Å². The molecule has 2 aliphatic heterocycles. The van der Waals surface area contributed by atoms with Crippen LogP contribution in [0.15, 0.2) is 11.6 Å². The molecule has 4 nitrogen and oxygen atoms in total. The highest BCUT2D eigenvalue weighted by molar-refractivity contribution is 5.80. The molecule has 0 aliphatic carbocycles.